The molecule has 0 aliphatic rings. The first-order chi connectivity index (χ1) is 8.76. The number of aliphatic hydroxyl groups excluding tert-OH is 1. The van der Waals surface area contributed by atoms with E-state index in [2.05, 4.69) is 11.0 Å². The van der Waals surface area contributed by atoms with E-state index < -0.39 is 11.5 Å². The van der Waals surface area contributed by atoms with Gasteiger partial charge in [0.1, 0.15) is 18.3 Å². The zero-order chi connectivity index (χ0) is 14.9. The highest BCUT2D eigenvalue weighted by Crippen LogP contribution is 2.04. The molecule has 0 aromatic heterocycles. The van der Waals surface area contributed by atoms with Crippen LogP contribution in [0, 0.1) is 0 Å². The maximum Gasteiger partial charge on any atom is 0.269 e. The molecule has 0 aromatic rings. The molecular formula is C11H22N2O6. The van der Waals surface area contributed by atoms with Crippen LogP contribution in [0.25, 0.3) is 0 Å². The van der Waals surface area contributed by atoms with Gasteiger partial charge < -0.3 is 9.84 Å². The number of hydroxylamine groups is 2. The molecule has 1 atom stereocenters. The Morgan fingerprint density at radius 3 is 2.47 bits per heavy atom. The molecule has 0 aliphatic carbocycles. The number of rotatable bonds is 9. The molecule has 19 heavy (non-hydrogen) atoms. The Hall–Kier alpha value is -1.22. The molecule has 3 N–H and O–H groups in total. The van der Waals surface area contributed by atoms with Crippen LogP contribution >= 0.6 is 0 Å². The number of hydrogen-bond acceptors (Lipinski definition) is 6. The van der Waals surface area contributed by atoms with Crippen LogP contribution in [0.5, 0.6) is 0 Å². The quantitative estimate of drug-likeness (QED) is 0.480. The maximum atomic E-state index is 11.3. The zero-order valence-corrected chi connectivity index (χ0v) is 11.7. The van der Waals surface area contributed by atoms with E-state index in [1.54, 1.807) is 20.8 Å². The maximum absolute atomic E-state index is 11.3. The summed E-state index contributed by atoms with van der Waals surface area (Å²) in [4.78, 5) is 31.7. The number of nitrogens with one attached hydrogen (secondary N) is 2. The number of hydrogen-bond donors (Lipinski definition) is 3. The molecule has 0 saturated heterocycles. The lowest BCUT2D eigenvalue weighted by Gasteiger charge is -2.21. The van der Waals surface area contributed by atoms with Gasteiger partial charge in [0.25, 0.3) is 5.91 Å². The fraction of sp³-hybridized carbons (Fsp3) is 0.818. The van der Waals surface area contributed by atoms with E-state index in [4.69, 9.17) is 19.5 Å². The van der Waals surface area contributed by atoms with Crippen molar-refractivity contribution in [3.8, 4) is 0 Å². The fourth-order valence-electron chi connectivity index (χ4n) is 0.792. The largest absolute Gasteiger partial charge is 0.393 e. The van der Waals surface area contributed by atoms with Gasteiger partial charge in [0.05, 0.1) is 13.2 Å². The third-order valence-electron chi connectivity index (χ3n) is 1.81. The third kappa shape index (κ3) is 10.4. The van der Waals surface area contributed by atoms with Gasteiger partial charge in [0.2, 0.25) is 5.91 Å². The minimum absolute atomic E-state index is 0.136. The summed E-state index contributed by atoms with van der Waals surface area (Å²) in [5, 5.41) is 8.90. The van der Waals surface area contributed by atoms with Gasteiger partial charge in [-0.1, -0.05) is 0 Å². The summed E-state index contributed by atoms with van der Waals surface area (Å²) in [5.74, 6) is -0.794. The molecule has 8 heteroatoms. The van der Waals surface area contributed by atoms with Gasteiger partial charge >= 0.3 is 0 Å². The predicted octanol–water partition coefficient (Wildman–Crippen LogP) is -0.722. The predicted molar refractivity (Wildman–Crippen MR) is 65.6 cm³/mol. The van der Waals surface area contributed by atoms with Crippen molar-refractivity contribution in [2.75, 3.05) is 19.8 Å². The minimum atomic E-state index is -0.850. The van der Waals surface area contributed by atoms with E-state index in [1.165, 1.54) is 6.92 Å². The van der Waals surface area contributed by atoms with Gasteiger partial charge in [-0.2, -0.15) is 0 Å². The summed E-state index contributed by atoms with van der Waals surface area (Å²) in [6.45, 7) is 5.94. The number of carbonyl (C=O) groups excluding carboxylic acids is 2. The molecule has 0 radical (unpaired) electrons. The van der Waals surface area contributed by atoms with Crippen molar-refractivity contribution >= 4 is 11.8 Å². The second-order valence-electron chi connectivity index (χ2n) is 4.65. The lowest BCUT2D eigenvalue weighted by Crippen LogP contribution is -2.40. The number of ether oxygens (including phenoxy) is 1. The van der Waals surface area contributed by atoms with E-state index in [9.17, 15) is 9.59 Å². The highest BCUT2D eigenvalue weighted by atomic mass is 16.7. The lowest BCUT2D eigenvalue weighted by molar-refractivity contribution is -0.159. The third-order valence-corrected chi connectivity index (χ3v) is 1.81. The molecule has 0 spiro atoms. The molecule has 0 saturated carbocycles. The van der Waals surface area contributed by atoms with Gasteiger partial charge in [0, 0.05) is 6.92 Å². The fourth-order valence-corrected chi connectivity index (χ4v) is 0.792. The first kappa shape index (κ1) is 17.8. The average molecular weight is 278 g/mol. The minimum Gasteiger partial charge on any atom is -0.393 e. The second-order valence-corrected chi connectivity index (χ2v) is 4.65. The van der Waals surface area contributed by atoms with Crippen LogP contribution in [-0.2, 0) is 24.0 Å². The van der Waals surface area contributed by atoms with Gasteiger partial charge in [0.15, 0.2) is 0 Å². The van der Waals surface area contributed by atoms with E-state index in [1.807, 2.05) is 0 Å². The van der Waals surface area contributed by atoms with Crippen molar-refractivity contribution in [1.82, 2.24) is 11.0 Å². The van der Waals surface area contributed by atoms with E-state index >= 15 is 0 Å². The summed E-state index contributed by atoms with van der Waals surface area (Å²) in [7, 11) is 0. The van der Waals surface area contributed by atoms with Crippen molar-refractivity contribution in [2.45, 2.75) is 39.4 Å². The highest BCUT2D eigenvalue weighted by Gasteiger charge is 2.18. The molecular weight excluding hydrogens is 256 g/mol. The molecule has 0 aromatic carbocycles. The van der Waals surface area contributed by atoms with Crippen molar-refractivity contribution < 1.29 is 29.1 Å². The van der Waals surface area contributed by atoms with Crippen LogP contribution in [0.1, 0.15) is 27.7 Å². The lowest BCUT2D eigenvalue weighted by atomic mass is 10.2. The van der Waals surface area contributed by atoms with Crippen molar-refractivity contribution in [2.24, 2.45) is 0 Å². The summed E-state index contributed by atoms with van der Waals surface area (Å²) < 4.78 is 5.06. The number of amides is 2. The number of carbonyl (C=O) groups is 2. The van der Waals surface area contributed by atoms with Gasteiger partial charge in [-0.15, -0.1) is 0 Å². The monoisotopic (exact) mass is 278 g/mol. The molecule has 8 nitrogen and oxygen atoms in total. The molecule has 0 bridgehead atoms. The summed E-state index contributed by atoms with van der Waals surface area (Å²) in [5.41, 5.74) is 3.48. The highest BCUT2D eigenvalue weighted by molar-refractivity contribution is 5.76. The summed E-state index contributed by atoms with van der Waals surface area (Å²) >= 11 is 0. The SMILES string of the molecule is CC(=O)NOC(C)COCC(=O)NOC(C)(C)CO. The van der Waals surface area contributed by atoms with Gasteiger partial charge in [-0.05, 0) is 20.8 Å². The Labute approximate surface area is 112 Å². The standard InChI is InChI=1S/C11H22N2O6/c1-8(18-12-9(2)15)5-17-6-10(16)13-19-11(3,4)7-14/h8,14H,5-7H2,1-4H3,(H,12,15)(H,13,16). The Balaban J connectivity index is 3.66. The zero-order valence-electron chi connectivity index (χ0n) is 11.7. The molecule has 0 rings (SSSR count). The number of aliphatic hydroxyl groups is 1. The Morgan fingerprint density at radius 1 is 1.32 bits per heavy atom. The molecule has 0 aliphatic heterocycles. The van der Waals surface area contributed by atoms with Crippen molar-refractivity contribution in [1.29, 1.82) is 0 Å². The smallest absolute Gasteiger partial charge is 0.269 e. The summed E-state index contributed by atoms with van der Waals surface area (Å²) in [6.07, 6.45) is -0.383. The molecule has 2 amide bonds. The molecule has 1 unspecified atom stereocenters. The van der Waals surface area contributed by atoms with Crippen molar-refractivity contribution in [3.63, 3.8) is 0 Å². The van der Waals surface area contributed by atoms with Gasteiger partial charge in [-0.25, -0.2) is 11.0 Å². The van der Waals surface area contributed by atoms with Crippen LogP contribution in [0.2, 0.25) is 0 Å². The van der Waals surface area contributed by atoms with Gasteiger partial charge in [-0.3, -0.25) is 19.3 Å². The normalized spacial score (nSPS) is 12.9. The topological polar surface area (TPSA) is 106 Å². The van der Waals surface area contributed by atoms with E-state index in [0.29, 0.717) is 0 Å². The molecule has 0 fully saturated rings. The van der Waals surface area contributed by atoms with Crippen LogP contribution in [0.3, 0.4) is 0 Å². The Morgan fingerprint density at radius 2 is 1.95 bits per heavy atom. The van der Waals surface area contributed by atoms with Crippen LogP contribution in [-0.4, -0.2) is 48.4 Å². The molecule has 0 heterocycles. The Kier molecular flexibility index (Phi) is 8.24. The van der Waals surface area contributed by atoms with Crippen molar-refractivity contribution in [3.05, 3.63) is 0 Å². The first-order valence-corrected chi connectivity index (χ1v) is 5.84. The molecule has 112 valence electrons. The first-order valence-electron chi connectivity index (χ1n) is 5.84. The van der Waals surface area contributed by atoms with Crippen LogP contribution < -0.4 is 11.0 Å². The Bertz CT molecular complexity index is 295. The average Bonchev–Trinajstić information content (AvgIpc) is 2.34. The van der Waals surface area contributed by atoms with E-state index in [0.717, 1.165) is 0 Å². The van der Waals surface area contributed by atoms with E-state index in [-0.39, 0.29) is 31.8 Å². The van der Waals surface area contributed by atoms with Crippen LogP contribution in [0.4, 0.5) is 0 Å². The summed E-state index contributed by atoms with van der Waals surface area (Å²) in [6, 6.07) is 0. The second kappa shape index (κ2) is 8.81. The van der Waals surface area contributed by atoms with Crippen LogP contribution in [0.15, 0.2) is 0 Å².